The van der Waals surface area contributed by atoms with Gasteiger partial charge >= 0.3 is 0 Å². The van der Waals surface area contributed by atoms with Crippen LogP contribution >= 0.6 is 0 Å². The largest absolute Gasteiger partial charge is 0.383 e. The van der Waals surface area contributed by atoms with Crippen LogP contribution in [-0.2, 0) is 9.53 Å². The average Bonchev–Trinajstić information content (AvgIpc) is 2.68. The molecule has 1 saturated heterocycles. The highest BCUT2D eigenvalue weighted by Crippen LogP contribution is 2.26. The number of carbonyl (C=O) groups is 2. The Labute approximate surface area is 164 Å². The van der Waals surface area contributed by atoms with Crippen LogP contribution < -0.4 is 10.2 Å². The summed E-state index contributed by atoms with van der Waals surface area (Å²) in [6.45, 7) is 3.85. The predicted molar refractivity (Wildman–Crippen MR) is 104 cm³/mol. The van der Waals surface area contributed by atoms with Crippen molar-refractivity contribution >= 4 is 23.2 Å². The van der Waals surface area contributed by atoms with E-state index in [1.165, 1.54) is 42.2 Å². The van der Waals surface area contributed by atoms with E-state index in [4.69, 9.17) is 4.74 Å². The number of nitrogens with zero attached hydrogens (tertiary/aromatic N) is 3. The molecular weight excluding hydrogens is 366 g/mol. The van der Waals surface area contributed by atoms with Gasteiger partial charge in [-0.25, -0.2) is 0 Å². The van der Waals surface area contributed by atoms with Crippen molar-refractivity contribution < 1.29 is 24.1 Å². The maximum Gasteiger partial charge on any atom is 0.293 e. The Balaban J connectivity index is 2.04. The molecule has 10 nitrogen and oxygen atoms in total. The lowest BCUT2D eigenvalue weighted by Crippen LogP contribution is -3.12. The molecule has 1 aromatic rings. The summed E-state index contributed by atoms with van der Waals surface area (Å²) in [7, 11) is 5.15. The number of rotatable bonds is 8. The van der Waals surface area contributed by atoms with Gasteiger partial charge in [0, 0.05) is 32.3 Å². The van der Waals surface area contributed by atoms with Gasteiger partial charge in [-0.05, 0) is 12.1 Å². The van der Waals surface area contributed by atoms with Gasteiger partial charge in [-0.1, -0.05) is 0 Å². The zero-order chi connectivity index (χ0) is 20.7. The molecule has 0 atom stereocenters. The summed E-state index contributed by atoms with van der Waals surface area (Å²) in [6, 6.07) is 4.25. The van der Waals surface area contributed by atoms with Crippen LogP contribution in [-0.4, -0.2) is 93.6 Å². The summed E-state index contributed by atoms with van der Waals surface area (Å²) in [5.74, 6) is -0.546. The maximum absolute atomic E-state index is 12.6. The molecule has 0 spiro atoms. The molecular formula is C18H28N5O5+. The lowest BCUT2D eigenvalue weighted by Gasteiger charge is -2.31. The third-order valence-corrected chi connectivity index (χ3v) is 4.75. The Morgan fingerprint density at radius 2 is 2.04 bits per heavy atom. The standard InChI is InChI=1S/C18H27N5O5/c1-20-7-9-22(10-8-20)17(24)13-21(2)18(25)14-4-5-15(19-6-11-28-3)16(12-14)23(26)27/h4-5,12,19H,6-11,13H2,1-3H3/p+1. The van der Waals surface area contributed by atoms with Crippen molar-refractivity contribution in [2.75, 3.05) is 72.4 Å². The molecule has 2 amide bonds. The molecule has 1 heterocycles. The van der Waals surface area contributed by atoms with Gasteiger partial charge < -0.3 is 24.8 Å². The van der Waals surface area contributed by atoms with Gasteiger partial charge in [0.15, 0.2) is 0 Å². The minimum Gasteiger partial charge on any atom is -0.383 e. The van der Waals surface area contributed by atoms with Crippen LogP contribution in [0.4, 0.5) is 11.4 Å². The van der Waals surface area contributed by atoms with Crippen LogP contribution in [0.25, 0.3) is 0 Å². The minimum atomic E-state index is -0.538. The quantitative estimate of drug-likeness (QED) is 0.335. The van der Waals surface area contributed by atoms with Gasteiger partial charge in [-0.3, -0.25) is 19.7 Å². The number of benzene rings is 1. The summed E-state index contributed by atoms with van der Waals surface area (Å²) in [6.07, 6.45) is 0. The van der Waals surface area contributed by atoms with Crippen molar-refractivity contribution in [2.45, 2.75) is 0 Å². The van der Waals surface area contributed by atoms with Crippen LogP contribution in [0.2, 0.25) is 0 Å². The Bertz CT molecular complexity index is 718. The van der Waals surface area contributed by atoms with Crippen LogP contribution in [0.15, 0.2) is 18.2 Å². The van der Waals surface area contributed by atoms with Gasteiger partial charge in [0.25, 0.3) is 11.6 Å². The number of piperazine rings is 1. The van der Waals surface area contributed by atoms with Crippen molar-refractivity contribution in [3.05, 3.63) is 33.9 Å². The molecule has 10 heteroatoms. The van der Waals surface area contributed by atoms with Crippen LogP contribution in [0.3, 0.4) is 0 Å². The van der Waals surface area contributed by atoms with Crippen molar-refractivity contribution in [3.63, 3.8) is 0 Å². The first kappa shape index (κ1) is 21.6. The summed E-state index contributed by atoms with van der Waals surface area (Å²) in [4.78, 5) is 40.3. The molecule has 1 aromatic carbocycles. The van der Waals surface area contributed by atoms with Crippen LogP contribution in [0, 0.1) is 10.1 Å². The van der Waals surface area contributed by atoms with Crippen molar-refractivity contribution in [2.24, 2.45) is 0 Å². The molecule has 0 unspecified atom stereocenters. The third-order valence-electron chi connectivity index (χ3n) is 4.75. The number of nitro benzene ring substituents is 1. The highest BCUT2D eigenvalue weighted by molar-refractivity contribution is 5.97. The first-order valence-corrected chi connectivity index (χ1v) is 9.19. The Kier molecular flexibility index (Phi) is 7.70. The number of nitrogens with one attached hydrogen (secondary N) is 2. The van der Waals surface area contributed by atoms with Crippen LogP contribution in [0.1, 0.15) is 10.4 Å². The molecule has 0 radical (unpaired) electrons. The van der Waals surface area contributed by atoms with Gasteiger partial charge in [-0.15, -0.1) is 0 Å². The molecule has 0 aromatic heterocycles. The molecule has 1 aliphatic heterocycles. The fourth-order valence-corrected chi connectivity index (χ4v) is 2.99. The topological polar surface area (TPSA) is 109 Å². The van der Waals surface area contributed by atoms with Crippen molar-refractivity contribution in [1.82, 2.24) is 9.80 Å². The Morgan fingerprint density at radius 3 is 2.64 bits per heavy atom. The fourth-order valence-electron chi connectivity index (χ4n) is 2.99. The monoisotopic (exact) mass is 394 g/mol. The second-order valence-corrected chi connectivity index (χ2v) is 6.91. The van der Waals surface area contributed by atoms with Gasteiger partial charge in [-0.2, -0.15) is 0 Å². The number of nitro groups is 1. The molecule has 1 fully saturated rings. The lowest BCUT2D eigenvalue weighted by atomic mass is 10.1. The van der Waals surface area contributed by atoms with E-state index in [1.54, 1.807) is 4.90 Å². The molecule has 28 heavy (non-hydrogen) atoms. The summed E-state index contributed by atoms with van der Waals surface area (Å²) < 4.78 is 4.92. The normalized spacial score (nSPS) is 14.6. The van der Waals surface area contributed by atoms with Crippen molar-refractivity contribution in [3.8, 4) is 0 Å². The highest BCUT2D eigenvalue weighted by atomic mass is 16.6. The van der Waals surface area contributed by atoms with Crippen LogP contribution in [0.5, 0.6) is 0 Å². The Hall–Kier alpha value is -2.72. The van der Waals surface area contributed by atoms with Crippen molar-refractivity contribution in [1.29, 1.82) is 0 Å². The fraction of sp³-hybridized carbons (Fsp3) is 0.556. The maximum atomic E-state index is 12.6. The molecule has 2 N–H and O–H groups in total. The summed E-state index contributed by atoms with van der Waals surface area (Å²) in [5, 5.41) is 14.3. The number of ether oxygens (including phenoxy) is 1. The second kappa shape index (κ2) is 10.00. The average molecular weight is 394 g/mol. The molecule has 0 bridgehead atoms. The number of methoxy groups -OCH3 is 1. The van der Waals surface area contributed by atoms with E-state index in [0.29, 0.717) is 31.9 Å². The summed E-state index contributed by atoms with van der Waals surface area (Å²) in [5.41, 5.74) is 0.295. The van der Waals surface area contributed by atoms with E-state index < -0.39 is 10.8 Å². The molecule has 2 rings (SSSR count). The molecule has 1 aliphatic rings. The lowest BCUT2D eigenvalue weighted by molar-refractivity contribution is -0.883. The van der Waals surface area contributed by atoms with E-state index in [0.717, 1.165) is 13.1 Å². The molecule has 0 aliphatic carbocycles. The van der Waals surface area contributed by atoms with E-state index in [2.05, 4.69) is 12.4 Å². The number of hydrogen-bond acceptors (Lipinski definition) is 6. The van der Waals surface area contributed by atoms with Gasteiger partial charge in [0.05, 0.1) is 51.3 Å². The molecule has 154 valence electrons. The zero-order valence-electron chi connectivity index (χ0n) is 16.6. The van der Waals surface area contributed by atoms with E-state index >= 15 is 0 Å². The number of amides is 2. The summed E-state index contributed by atoms with van der Waals surface area (Å²) >= 11 is 0. The van der Waals surface area contributed by atoms with Gasteiger partial charge in [0.1, 0.15) is 5.69 Å². The Morgan fingerprint density at radius 1 is 1.36 bits per heavy atom. The number of hydrogen-bond donors (Lipinski definition) is 2. The zero-order valence-corrected chi connectivity index (χ0v) is 16.6. The van der Waals surface area contributed by atoms with E-state index in [1.807, 2.05) is 0 Å². The first-order valence-electron chi connectivity index (χ1n) is 9.19. The van der Waals surface area contributed by atoms with E-state index in [9.17, 15) is 19.7 Å². The highest BCUT2D eigenvalue weighted by Gasteiger charge is 2.25. The third kappa shape index (κ3) is 5.64. The number of anilines is 1. The van der Waals surface area contributed by atoms with Gasteiger partial charge in [0.2, 0.25) is 5.91 Å². The predicted octanol–water partition coefficient (Wildman–Crippen LogP) is -0.918. The second-order valence-electron chi connectivity index (χ2n) is 6.91. The minimum absolute atomic E-state index is 0.0560. The number of quaternary nitrogens is 1. The SMILES string of the molecule is COCCNc1ccc(C(=O)N(C)CC(=O)N2CC[NH+](C)CC2)cc1[N+](=O)[O-]. The number of carbonyl (C=O) groups excluding carboxylic acids is 2. The molecule has 0 saturated carbocycles. The van der Waals surface area contributed by atoms with E-state index in [-0.39, 0.29) is 23.7 Å². The number of likely N-dealkylation sites (N-methyl/N-ethyl adjacent to an activating group) is 2. The smallest absolute Gasteiger partial charge is 0.293 e. The first-order chi connectivity index (χ1) is 13.3.